The first-order valence-corrected chi connectivity index (χ1v) is 14.9. The fourth-order valence-electron chi connectivity index (χ4n) is 4.98. The number of amides is 1. The third-order valence-electron chi connectivity index (χ3n) is 7.16. The lowest BCUT2D eigenvalue weighted by molar-refractivity contribution is -0.128. The molecule has 0 aromatic heterocycles. The highest BCUT2D eigenvalue weighted by Crippen LogP contribution is 2.35. The molecular weight excluding hydrogens is 591 g/mol. The van der Waals surface area contributed by atoms with Crippen LogP contribution in [0.4, 0.5) is 0 Å². The number of nitrogens with one attached hydrogen (secondary N) is 1. The molecule has 228 valence electrons. The largest absolute Gasteiger partial charge is 0.497 e. The second-order valence-electron chi connectivity index (χ2n) is 10.3. The molecule has 0 unspecified atom stereocenters. The third kappa shape index (κ3) is 8.89. The first-order chi connectivity index (χ1) is 20.8. The van der Waals surface area contributed by atoms with Gasteiger partial charge in [0.05, 0.1) is 17.2 Å². The van der Waals surface area contributed by atoms with Crippen molar-refractivity contribution >= 4 is 41.2 Å². The maximum absolute atomic E-state index is 13.9. The molecular formula is C33H36Cl2N2O6. The van der Waals surface area contributed by atoms with Crippen LogP contribution in [0, 0.1) is 6.92 Å². The van der Waals surface area contributed by atoms with Crippen molar-refractivity contribution in [3.63, 3.8) is 0 Å². The van der Waals surface area contributed by atoms with Crippen molar-refractivity contribution in [1.29, 1.82) is 0 Å². The maximum Gasteiger partial charge on any atom is 0.290 e. The SMILES string of the molecule is COc1cccc(CN(C(=O)C2=C(c3ccc(OCCOc4c(Cl)cc(C)cc4Cl)cc3)CCNC2)C2CC2)c1.O=CO. The van der Waals surface area contributed by atoms with Gasteiger partial charge in [-0.05, 0) is 91.4 Å². The van der Waals surface area contributed by atoms with E-state index in [1.54, 1.807) is 7.11 Å². The van der Waals surface area contributed by atoms with Crippen molar-refractivity contribution in [2.75, 3.05) is 33.4 Å². The topological polar surface area (TPSA) is 97.3 Å². The molecule has 3 aromatic carbocycles. The lowest BCUT2D eigenvalue weighted by Crippen LogP contribution is -2.39. The van der Waals surface area contributed by atoms with Crippen molar-refractivity contribution in [2.45, 2.75) is 38.8 Å². The molecule has 1 amide bonds. The molecule has 1 aliphatic carbocycles. The number of carboxylic acid groups (broad SMARTS) is 1. The van der Waals surface area contributed by atoms with Gasteiger partial charge in [0.25, 0.3) is 12.4 Å². The number of benzene rings is 3. The van der Waals surface area contributed by atoms with Crippen LogP contribution in [0.25, 0.3) is 5.57 Å². The zero-order valence-electron chi connectivity index (χ0n) is 24.3. The molecule has 8 nitrogen and oxygen atoms in total. The van der Waals surface area contributed by atoms with Gasteiger partial charge in [-0.3, -0.25) is 9.59 Å². The van der Waals surface area contributed by atoms with Crippen LogP contribution in [0.5, 0.6) is 17.2 Å². The lowest BCUT2D eigenvalue weighted by atomic mass is 9.93. The summed E-state index contributed by atoms with van der Waals surface area (Å²) in [5.74, 6) is 2.11. The summed E-state index contributed by atoms with van der Waals surface area (Å²) in [5, 5.41) is 11.3. The molecule has 0 spiro atoms. The van der Waals surface area contributed by atoms with Crippen LogP contribution in [0.3, 0.4) is 0 Å². The van der Waals surface area contributed by atoms with Crippen molar-refractivity contribution in [3.05, 3.63) is 93.0 Å². The highest BCUT2D eigenvalue weighted by molar-refractivity contribution is 6.37. The molecule has 43 heavy (non-hydrogen) atoms. The molecule has 1 heterocycles. The number of rotatable bonds is 11. The van der Waals surface area contributed by atoms with E-state index in [0.29, 0.717) is 42.1 Å². The zero-order chi connectivity index (χ0) is 30.8. The quantitative estimate of drug-likeness (QED) is 0.187. The molecule has 2 aliphatic rings. The summed E-state index contributed by atoms with van der Waals surface area (Å²) in [4.78, 5) is 24.3. The van der Waals surface area contributed by atoms with Gasteiger partial charge in [-0.15, -0.1) is 0 Å². The predicted octanol–water partition coefficient (Wildman–Crippen LogP) is 6.41. The normalized spacial score (nSPS) is 14.3. The van der Waals surface area contributed by atoms with E-state index in [4.69, 9.17) is 47.3 Å². The first kappa shape index (κ1) is 32.2. The number of methoxy groups -OCH3 is 1. The van der Waals surface area contributed by atoms with E-state index < -0.39 is 0 Å². The number of nitrogens with zero attached hydrogens (tertiary/aromatic N) is 1. The molecule has 0 bridgehead atoms. The molecule has 0 saturated heterocycles. The Morgan fingerprint density at radius 3 is 2.35 bits per heavy atom. The molecule has 2 N–H and O–H groups in total. The molecule has 0 radical (unpaired) electrons. The van der Waals surface area contributed by atoms with E-state index >= 15 is 0 Å². The van der Waals surface area contributed by atoms with Gasteiger partial charge in [-0.25, -0.2) is 0 Å². The molecule has 1 fully saturated rings. The van der Waals surface area contributed by atoms with Gasteiger partial charge in [0.2, 0.25) is 0 Å². The van der Waals surface area contributed by atoms with Crippen LogP contribution in [0.15, 0.2) is 66.2 Å². The first-order valence-electron chi connectivity index (χ1n) is 14.1. The summed E-state index contributed by atoms with van der Waals surface area (Å²) < 4.78 is 17.0. The number of aryl methyl sites for hydroxylation is 1. The molecule has 1 aliphatic heterocycles. The second-order valence-corrected chi connectivity index (χ2v) is 11.1. The van der Waals surface area contributed by atoms with Crippen LogP contribution in [0.2, 0.25) is 10.0 Å². The number of halogens is 2. The fourth-order valence-corrected chi connectivity index (χ4v) is 5.69. The summed E-state index contributed by atoms with van der Waals surface area (Å²) in [5.41, 5.74) is 5.03. The smallest absolute Gasteiger partial charge is 0.290 e. The van der Waals surface area contributed by atoms with Crippen molar-refractivity contribution in [3.8, 4) is 17.2 Å². The van der Waals surface area contributed by atoms with E-state index in [9.17, 15) is 4.79 Å². The van der Waals surface area contributed by atoms with Gasteiger partial charge < -0.3 is 29.5 Å². The van der Waals surface area contributed by atoms with Gasteiger partial charge in [-0.2, -0.15) is 0 Å². The Balaban J connectivity index is 0.00000135. The van der Waals surface area contributed by atoms with Crippen LogP contribution in [-0.4, -0.2) is 61.8 Å². The number of hydrogen-bond donors (Lipinski definition) is 2. The highest BCUT2D eigenvalue weighted by Gasteiger charge is 2.35. The third-order valence-corrected chi connectivity index (χ3v) is 7.72. The maximum atomic E-state index is 13.9. The number of ether oxygens (including phenoxy) is 3. The monoisotopic (exact) mass is 626 g/mol. The Bertz CT molecular complexity index is 1420. The van der Waals surface area contributed by atoms with Crippen molar-refractivity contribution < 1.29 is 28.9 Å². The molecule has 1 saturated carbocycles. The Morgan fingerprint density at radius 2 is 1.70 bits per heavy atom. The van der Waals surface area contributed by atoms with Gasteiger partial charge in [-0.1, -0.05) is 47.5 Å². The summed E-state index contributed by atoms with van der Waals surface area (Å²) in [6.45, 7) is 4.31. The van der Waals surface area contributed by atoms with Crippen LogP contribution in [-0.2, 0) is 16.1 Å². The average Bonchev–Trinajstić information content (AvgIpc) is 3.85. The number of carbonyl (C=O) groups excluding carboxylic acids is 1. The molecule has 0 atom stereocenters. The zero-order valence-corrected chi connectivity index (χ0v) is 25.8. The van der Waals surface area contributed by atoms with E-state index in [0.717, 1.165) is 65.1 Å². The summed E-state index contributed by atoms with van der Waals surface area (Å²) in [6, 6.07) is 19.8. The Kier molecular flexibility index (Phi) is 11.7. The Morgan fingerprint density at radius 1 is 1.02 bits per heavy atom. The summed E-state index contributed by atoms with van der Waals surface area (Å²) in [6.07, 6.45) is 2.89. The Labute approximate surface area is 262 Å². The molecule has 5 rings (SSSR count). The van der Waals surface area contributed by atoms with Gasteiger partial charge in [0, 0.05) is 24.7 Å². The van der Waals surface area contributed by atoms with Gasteiger partial charge >= 0.3 is 0 Å². The van der Waals surface area contributed by atoms with Crippen LogP contribution >= 0.6 is 23.2 Å². The van der Waals surface area contributed by atoms with Gasteiger partial charge in [0.15, 0.2) is 5.75 Å². The highest BCUT2D eigenvalue weighted by atomic mass is 35.5. The molecule has 3 aromatic rings. The number of hydrogen-bond acceptors (Lipinski definition) is 6. The summed E-state index contributed by atoms with van der Waals surface area (Å²) in [7, 11) is 1.66. The second kappa shape index (κ2) is 15.7. The predicted molar refractivity (Wildman–Crippen MR) is 168 cm³/mol. The average molecular weight is 628 g/mol. The van der Waals surface area contributed by atoms with Crippen molar-refractivity contribution in [1.82, 2.24) is 10.2 Å². The van der Waals surface area contributed by atoms with E-state index in [1.165, 1.54) is 0 Å². The lowest BCUT2D eigenvalue weighted by Gasteiger charge is -2.28. The Hall–Kier alpha value is -3.72. The van der Waals surface area contributed by atoms with Crippen molar-refractivity contribution in [2.24, 2.45) is 0 Å². The van der Waals surface area contributed by atoms with Crippen LogP contribution < -0.4 is 19.5 Å². The number of carbonyl (C=O) groups is 2. The minimum atomic E-state index is -0.250. The van der Waals surface area contributed by atoms with E-state index in [2.05, 4.69) is 5.32 Å². The standard InChI is InChI=1S/C32H34Cl2N2O4.CH2O2/c1-21-16-29(33)31(30(34)17-21)40-15-14-39-25-10-6-23(7-11-25)27-12-13-35-19-28(27)32(37)36(24-8-9-24)20-22-4-3-5-26(18-22)38-2;2-1-3/h3-7,10-11,16-18,24,35H,8-9,12-15,19-20H2,1-2H3;1H,(H,2,3). The van der Waals surface area contributed by atoms with Gasteiger partial charge in [0.1, 0.15) is 24.7 Å². The minimum absolute atomic E-state index is 0.110. The van der Waals surface area contributed by atoms with E-state index in [-0.39, 0.29) is 18.4 Å². The minimum Gasteiger partial charge on any atom is -0.497 e. The summed E-state index contributed by atoms with van der Waals surface area (Å²) >= 11 is 12.5. The fraction of sp³-hybridized carbons (Fsp3) is 0.333. The molecule has 10 heteroatoms. The van der Waals surface area contributed by atoms with E-state index in [1.807, 2.05) is 72.5 Å². The van der Waals surface area contributed by atoms with Crippen LogP contribution in [0.1, 0.15) is 36.0 Å².